The van der Waals surface area contributed by atoms with Gasteiger partial charge in [0.25, 0.3) is 0 Å². The van der Waals surface area contributed by atoms with E-state index in [-0.39, 0.29) is 0 Å². The van der Waals surface area contributed by atoms with Gasteiger partial charge in [0.05, 0.1) is 0 Å². The Hall–Kier alpha value is 0. The van der Waals surface area contributed by atoms with E-state index >= 15 is 0 Å². The molecule has 0 aliphatic heterocycles. The van der Waals surface area contributed by atoms with Crippen molar-refractivity contribution in [2.45, 2.75) is 46.0 Å². The molecule has 0 aromatic heterocycles. The molecule has 3 aliphatic rings. The number of rotatable bonds is 0. The van der Waals surface area contributed by atoms with Crippen molar-refractivity contribution in [1.29, 1.82) is 0 Å². The van der Waals surface area contributed by atoms with Gasteiger partial charge in [-0.1, -0.05) is 26.7 Å². The van der Waals surface area contributed by atoms with Crippen LogP contribution in [0.1, 0.15) is 46.0 Å². The van der Waals surface area contributed by atoms with Crippen molar-refractivity contribution < 1.29 is 0 Å². The fourth-order valence-electron chi connectivity index (χ4n) is 4.78. The van der Waals surface area contributed by atoms with Crippen LogP contribution in [-0.2, 0) is 0 Å². The van der Waals surface area contributed by atoms with Crippen LogP contribution in [0.25, 0.3) is 0 Å². The molecule has 3 aliphatic carbocycles. The Labute approximate surface area is 82.1 Å². The van der Waals surface area contributed by atoms with Crippen LogP contribution in [-0.4, -0.2) is 0 Å². The Morgan fingerprint density at radius 3 is 2.38 bits per heavy atom. The third kappa shape index (κ3) is 1.04. The van der Waals surface area contributed by atoms with Gasteiger partial charge in [-0.05, 0) is 54.8 Å². The second-order valence-corrected chi connectivity index (χ2v) is 6.04. The normalized spacial score (nSPS) is 59.5. The maximum absolute atomic E-state index is 2.50. The van der Waals surface area contributed by atoms with E-state index in [9.17, 15) is 0 Å². The number of fused-ring (bicyclic) bond motifs is 4. The molecule has 0 aromatic carbocycles. The summed E-state index contributed by atoms with van der Waals surface area (Å²) in [6.45, 7) is 4.96. The zero-order valence-corrected chi connectivity index (χ0v) is 9.00. The molecule has 3 saturated carbocycles. The summed E-state index contributed by atoms with van der Waals surface area (Å²) in [5, 5.41) is 0. The van der Waals surface area contributed by atoms with E-state index in [1.54, 1.807) is 19.3 Å². The van der Waals surface area contributed by atoms with Gasteiger partial charge in [0.15, 0.2) is 0 Å². The number of hydrogen-bond acceptors (Lipinski definition) is 0. The van der Waals surface area contributed by atoms with Crippen molar-refractivity contribution in [3.05, 3.63) is 0 Å². The Kier molecular flexibility index (Phi) is 1.76. The van der Waals surface area contributed by atoms with Crippen LogP contribution in [0, 0.1) is 35.5 Å². The second-order valence-electron chi connectivity index (χ2n) is 6.04. The largest absolute Gasteiger partial charge is 0.0625 e. The summed E-state index contributed by atoms with van der Waals surface area (Å²) in [5.74, 6) is 6.77. The average Bonchev–Trinajstić information content (AvgIpc) is 2.39. The third-order valence-electron chi connectivity index (χ3n) is 5.37. The van der Waals surface area contributed by atoms with Gasteiger partial charge in [-0.2, -0.15) is 0 Å². The Morgan fingerprint density at radius 1 is 0.769 bits per heavy atom. The van der Waals surface area contributed by atoms with Crippen LogP contribution >= 0.6 is 0 Å². The lowest BCUT2D eigenvalue weighted by Crippen LogP contribution is -2.48. The standard InChI is InChI=1S/C13H22/c1-8-3-5-10-11-6-4-9(2)13(11)12(10)7-8/h8-13H,3-7H2,1-2H3. The molecular formula is C13H22. The lowest BCUT2D eigenvalue weighted by atomic mass is 9.50. The summed E-state index contributed by atoms with van der Waals surface area (Å²) < 4.78 is 0. The minimum absolute atomic E-state index is 1.04. The summed E-state index contributed by atoms with van der Waals surface area (Å²) in [6.07, 6.45) is 7.77. The van der Waals surface area contributed by atoms with Crippen molar-refractivity contribution in [2.24, 2.45) is 35.5 Å². The predicted molar refractivity (Wildman–Crippen MR) is 55.4 cm³/mol. The minimum Gasteiger partial charge on any atom is -0.0625 e. The highest BCUT2D eigenvalue weighted by atomic mass is 14.6. The molecule has 0 spiro atoms. The highest BCUT2D eigenvalue weighted by Gasteiger charge is 2.55. The summed E-state index contributed by atoms with van der Waals surface area (Å²) in [6, 6.07) is 0. The van der Waals surface area contributed by atoms with Gasteiger partial charge in [0.2, 0.25) is 0 Å². The summed E-state index contributed by atoms with van der Waals surface area (Å²) in [4.78, 5) is 0. The Balaban J connectivity index is 1.76. The fourth-order valence-corrected chi connectivity index (χ4v) is 4.78. The van der Waals surface area contributed by atoms with Gasteiger partial charge in [0.1, 0.15) is 0 Å². The molecule has 3 rings (SSSR count). The molecule has 74 valence electrons. The molecule has 0 nitrogen and oxygen atoms in total. The van der Waals surface area contributed by atoms with Gasteiger partial charge in [-0.3, -0.25) is 0 Å². The fraction of sp³-hybridized carbons (Fsp3) is 1.00. The maximum Gasteiger partial charge on any atom is -0.0326 e. The first-order chi connectivity index (χ1) is 6.27. The quantitative estimate of drug-likeness (QED) is 0.530. The molecule has 3 fully saturated rings. The molecule has 0 aromatic rings. The van der Waals surface area contributed by atoms with Crippen molar-refractivity contribution in [3.8, 4) is 0 Å². The highest BCUT2D eigenvalue weighted by molar-refractivity contribution is 5.04. The van der Waals surface area contributed by atoms with Crippen molar-refractivity contribution in [1.82, 2.24) is 0 Å². The first kappa shape index (κ1) is 8.32. The van der Waals surface area contributed by atoms with Gasteiger partial charge < -0.3 is 0 Å². The van der Waals surface area contributed by atoms with Gasteiger partial charge >= 0.3 is 0 Å². The molecule has 0 N–H and O–H groups in total. The first-order valence-electron chi connectivity index (χ1n) is 6.27. The van der Waals surface area contributed by atoms with Gasteiger partial charge in [-0.15, -0.1) is 0 Å². The van der Waals surface area contributed by atoms with Crippen LogP contribution in [0.5, 0.6) is 0 Å². The van der Waals surface area contributed by atoms with E-state index in [2.05, 4.69) is 13.8 Å². The van der Waals surface area contributed by atoms with E-state index < -0.39 is 0 Å². The Morgan fingerprint density at radius 2 is 1.54 bits per heavy atom. The minimum atomic E-state index is 1.04. The molecule has 6 unspecified atom stereocenters. The first-order valence-corrected chi connectivity index (χ1v) is 6.27. The average molecular weight is 178 g/mol. The van der Waals surface area contributed by atoms with Crippen LogP contribution in [0.15, 0.2) is 0 Å². The van der Waals surface area contributed by atoms with Gasteiger partial charge in [0, 0.05) is 0 Å². The monoisotopic (exact) mass is 178 g/mol. The summed E-state index contributed by atoms with van der Waals surface area (Å²) in [5.41, 5.74) is 0. The van der Waals surface area contributed by atoms with E-state index in [0.717, 1.165) is 23.7 Å². The molecule has 0 amide bonds. The van der Waals surface area contributed by atoms with E-state index in [1.165, 1.54) is 24.7 Å². The Bertz CT molecular complexity index is 208. The molecular weight excluding hydrogens is 156 g/mol. The van der Waals surface area contributed by atoms with E-state index in [1.807, 2.05) is 0 Å². The number of hydrogen-bond donors (Lipinski definition) is 0. The van der Waals surface area contributed by atoms with Crippen LogP contribution < -0.4 is 0 Å². The van der Waals surface area contributed by atoms with Crippen LogP contribution in [0.3, 0.4) is 0 Å². The topological polar surface area (TPSA) is 0 Å². The van der Waals surface area contributed by atoms with Crippen LogP contribution in [0.2, 0.25) is 0 Å². The van der Waals surface area contributed by atoms with Crippen molar-refractivity contribution >= 4 is 0 Å². The van der Waals surface area contributed by atoms with E-state index in [4.69, 9.17) is 0 Å². The van der Waals surface area contributed by atoms with Crippen molar-refractivity contribution in [2.75, 3.05) is 0 Å². The summed E-state index contributed by atoms with van der Waals surface area (Å²) in [7, 11) is 0. The predicted octanol–water partition coefficient (Wildman–Crippen LogP) is 3.71. The molecule has 0 radical (unpaired) electrons. The van der Waals surface area contributed by atoms with Gasteiger partial charge in [-0.25, -0.2) is 0 Å². The lowest BCUT2D eigenvalue weighted by Gasteiger charge is -2.55. The SMILES string of the molecule is CC1CCC2C3CCC(C)C3C2C1. The highest BCUT2D eigenvalue weighted by Crippen LogP contribution is 2.63. The zero-order valence-electron chi connectivity index (χ0n) is 9.00. The summed E-state index contributed by atoms with van der Waals surface area (Å²) >= 11 is 0. The third-order valence-corrected chi connectivity index (χ3v) is 5.37. The van der Waals surface area contributed by atoms with Crippen molar-refractivity contribution in [3.63, 3.8) is 0 Å². The maximum atomic E-state index is 2.50. The van der Waals surface area contributed by atoms with E-state index in [0.29, 0.717) is 0 Å². The lowest BCUT2D eigenvalue weighted by molar-refractivity contribution is -0.0618. The zero-order chi connectivity index (χ0) is 9.00. The smallest absolute Gasteiger partial charge is 0.0326 e. The molecule has 0 bridgehead atoms. The molecule has 13 heavy (non-hydrogen) atoms. The second kappa shape index (κ2) is 2.74. The van der Waals surface area contributed by atoms with Crippen LogP contribution in [0.4, 0.5) is 0 Å². The molecule has 0 heterocycles. The molecule has 0 heteroatoms. The molecule has 0 saturated heterocycles. The molecule has 6 atom stereocenters.